The SMILES string of the molecule is Cc1cc(N2CCC(C(F)(F)F)CC2)c(F)cc1N. The lowest BCUT2D eigenvalue weighted by atomic mass is 9.95. The van der Waals surface area contributed by atoms with Crippen LogP contribution >= 0.6 is 0 Å². The van der Waals surface area contributed by atoms with Crippen LogP contribution in [0.2, 0.25) is 0 Å². The molecule has 1 aromatic rings. The molecule has 6 heteroatoms. The number of halogens is 4. The largest absolute Gasteiger partial charge is 0.398 e. The molecule has 1 fully saturated rings. The van der Waals surface area contributed by atoms with E-state index in [0.29, 0.717) is 11.4 Å². The second kappa shape index (κ2) is 4.90. The number of nitrogens with two attached hydrogens (primary N) is 1. The molecule has 1 aromatic carbocycles. The minimum Gasteiger partial charge on any atom is -0.398 e. The highest BCUT2D eigenvalue weighted by Crippen LogP contribution is 2.36. The molecule has 1 aliphatic rings. The van der Waals surface area contributed by atoms with E-state index in [-0.39, 0.29) is 25.9 Å². The first-order valence-electron chi connectivity index (χ1n) is 6.16. The lowest BCUT2D eigenvalue weighted by Gasteiger charge is -2.34. The normalized spacial score (nSPS) is 17.8. The summed E-state index contributed by atoms with van der Waals surface area (Å²) in [5.41, 5.74) is 7.02. The van der Waals surface area contributed by atoms with Crippen LogP contribution in [0.25, 0.3) is 0 Å². The Labute approximate surface area is 109 Å². The van der Waals surface area contributed by atoms with E-state index in [1.54, 1.807) is 17.9 Å². The van der Waals surface area contributed by atoms with Gasteiger partial charge < -0.3 is 10.6 Å². The molecule has 0 aliphatic carbocycles. The summed E-state index contributed by atoms with van der Waals surface area (Å²) in [7, 11) is 0. The topological polar surface area (TPSA) is 29.3 Å². The van der Waals surface area contributed by atoms with Crippen molar-refractivity contribution in [3.05, 3.63) is 23.5 Å². The summed E-state index contributed by atoms with van der Waals surface area (Å²) in [6.45, 7) is 2.18. The Balaban J connectivity index is 2.12. The molecule has 2 nitrogen and oxygen atoms in total. The average Bonchev–Trinajstić information content (AvgIpc) is 2.33. The van der Waals surface area contributed by atoms with E-state index >= 15 is 0 Å². The molecule has 0 unspecified atom stereocenters. The fraction of sp³-hybridized carbons (Fsp3) is 0.538. The standard InChI is InChI=1S/C13H16F4N2/c1-8-6-12(10(14)7-11(8)18)19-4-2-9(3-5-19)13(15,16)17/h6-7,9H,2-5,18H2,1H3. The summed E-state index contributed by atoms with van der Waals surface area (Å²) in [6, 6.07) is 2.82. The zero-order valence-electron chi connectivity index (χ0n) is 10.6. The van der Waals surface area contributed by atoms with Gasteiger partial charge in [0.15, 0.2) is 0 Å². The number of nitrogens with zero attached hydrogens (tertiary/aromatic N) is 1. The first-order valence-corrected chi connectivity index (χ1v) is 6.16. The van der Waals surface area contributed by atoms with Gasteiger partial charge in [0.05, 0.1) is 11.6 Å². The van der Waals surface area contributed by atoms with Crippen LogP contribution in [0.3, 0.4) is 0 Å². The van der Waals surface area contributed by atoms with E-state index in [4.69, 9.17) is 5.73 Å². The van der Waals surface area contributed by atoms with Gasteiger partial charge in [-0.05, 0) is 37.5 Å². The first kappa shape index (κ1) is 14.0. The number of hydrogen-bond donors (Lipinski definition) is 1. The van der Waals surface area contributed by atoms with Gasteiger partial charge in [-0.2, -0.15) is 13.2 Å². The zero-order chi connectivity index (χ0) is 14.2. The number of aryl methyl sites for hydroxylation is 1. The van der Waals surface area contributed by atoms with Gasteiger partial charge in [-0.25, -0.2) is 4.39 Å². The van der Waals surface area contributed by atoms with Crippen molar-refractivity contribution in [2.24, 2.45) is 5.92 Å². The van der Waals surface area contributed by atoms with Crippen molar-refractivity contribution in [3.63, 3.8) is 0 Å². The van der Waals surface area contributed by atoms with E-state index in [1.807, 2.05) is 0 Å². The molecular weight excluding hydrogens is 260 g/mol. The molecule has 0 aromatic heterocycles. The minimum absolute atomic E-state index is 0.00631. The van der Waals surface area contributed by atoms with E-state index < -0.39 is 17.9 Å². The van der Waals surface area contributed by atoms with E-state index in [1.165, 1.54) is 6.07 Å². The third-order valence-electron chi connectivity index (χ3n) is 3.63. The second-order valence-corrected chi connectivity index (χ2v) is 4.96. The molecule has 2 rings (SSSR count). The van der Waals surface area contributed by atoms with Crippen LogP contribution in [-0.2, 0) is 0 Å². The van der Waals surface area contributed by atoms with Crippen LogP contribution in [0.15, 0.2) is 12.1 Å². The van der Waals surface area contributed by atoms with Gasteiger partial charge in [0, 0.05) is 18.8 Å². The molecule has 0 radical (unpaired) electrons. The highest BCUT2D eigenvalue weighted by atomic mass is 19.4. The Morgan fingerprint density at radius 2 is 1.79 bits per heavy atom. The highest BCUT2D eigenvalue weighted by molar-refractivity contribution is 5.59. The molecule has 1 heterocycles. The van der Waals surface area contributed by atoms with Gasteiger partial charge >= 0.3 is 6.18 Å². The molecule has 1 saturated heterocycles. The molecule has 0 spiro atoms. The van der Waals surface area contributed by atoms with Crippen molar-refractivity contribution in [3.8, 4) is 0 Å². The van der Waals surface area contributed by atoms with Crippen molar-refractivity contribution >= 4 is 11.4 Å². The molecule has 0 bridgehead atoms. The summed E-state index contributed by atoms with van der Waals surface area (Å²) < 4.78 is 51.5. The van der Waals surface area contributed by atoms with Gasteiger partial charge in [-0.15, -0.1) is 0 Å². The molecule has 2 N–H and O–H groups in total. The van der Waals surface area contributed by atoms with Crippen molar-refractivity contribution in [1.29, 1.82) is 0 Å². The Kier molecular flexibility index (Phi) is 3.60. The van der Waals surface area contributed by atoms with Crippen molar-refractivity contribution in [2.75, 3.05) is 23.7 Å². The average molecular weight is 276 g/mol. The zero-order valence-corrected chi connectivity index (χ0v) is 10.6. The highest BCUT2D eigenvalue weighted by Gasteiger charge is 2.41. The fourth-order valence-corrected chi connectivity index (χ4v) is 2.37. The van der Waals surface area contributed by atoms with Gasteiger partial charge in [0.25, 0.3) is 0 Å². The number of benzene rings is 1. The minimum atomic E-state index is -4.15. The number of anilines is 2. The van der Waals surface area contributed by atoms with E-state index in [2.05, 4.69) is 0 Å². The lowest BCUT2D eigenvalue weighted by molar-refractivity contribution is -0.179. The van der Waals surface area contributed by atoms with Gasteiger partial charge in [-0.1, -0.05) is 0 Å². The third kappa shape index (κ3) is 2.93. The third-order valence-corrected chi connectivity index (χ3v) is 3.63. The van der Waals surface area contributed by atoms with E-state index in [0.717, 1.165) is 5.56 Å². The molecular formula is C13H16F4N2. The monoisotopic (exact) mass is 276 g/mol. The second-order valence-electron chi connectivity index (χ2n) is 4.96. The Hall–Kier alpha value is -1.46. The summed E-state index contributed by atoms with van der Waals surface area (Å²) in [6.07, 6.45) is -4.14. The van der Waals surface area contributed by atoms with Gasteiger partial charge in [0.1, 0.15) is 5.82 Å². The van der Waals surface area contributed by atoms with Crippen molar-refractivity contribution in [2.45, 2.75) is 25.9 Å². The number of hydrogen-bond acceptors (Lipinski definition) is 2. The van der Waals surface area contributed by atoms with E-state index in [9.17, 15) is 17.6 Å². The summed E-state index contributed by atoms with van der Waals surface area (Å²) in [5.74, 6) is -1.75. The van der Waals surface area contributed by atoms with Crippen LogP contribution in [0, 0.1) is 18.7 Å². The van der Waals surface area contributed by atoms with Crippen LogP contribution in [-0.4, -0.2) is 19.3 Å². The smallest absolute Gasteiger partial charge is 0.391 e. The van der Waals surface area contributed by atoms with Crippen molar-refractivity contribution < 1.29 is 17.6 Å². The summed E-state index contributed by atoms with van der Waals surface area (Å²) in [5, 5.41) is 0. The molecule has 0 atom stereocenters. The molecule has 19 heavy (non-hydrogen) atoms. The van der Waals surface area contributed by atoms with Crippen LogP contribution < -0.4 is 10.6 Å². The van der Waals surface area contributed by atoms with Gasteiger partial charge in [-0.3, -0.25) is 0 Å². The molecule has 106 valence electrons. The molecule has 1 aliphatic heterocycles. The number of nitrogen functional groups attached to an aromatic ring is 1. The van der Waals surface area contributed by atoms with Crippen LogP contribution in [0.1, 0.15) is 18.4 Å². The van der Waals surface area contributed by atoms with Gasteiger partial charge in [0.2, 0.25) is 0 Å². The molecule has 0 saturated carbocycles. The fourth-order valence-electron chi connectivity index (χ4n) is 2.37. The first-order chi connectivity index (χ1) is 8.79. The number of alkyl halides is 3. The maximum absolute atomic E-state index is 13.8. The number of piperidine rings is 1. The molecule has 0 amide bonds. The predicted molar refractivity (Wildman–Crippen MR) is 66.5 cm³/mol. The summed E-state index contributed by atoms with van der Waals surface area (Å²) in [4.78, 5) is 1.66. The maximum atomic E-state index is 13.8. The lowest BCUT2D eigenvalue weighted by Crippen LogP contribution is -2.39. The predicted octanol–water partition coefficient (Wildman–Crippen LogP) is 3.50. The van der Waals surface area contributed by atoms with Crippen molar-refractivity contribution in [1.82, 2.24) is 0 Å². The van der Waals surface area contributed by atoms with Crippen LogP contribution in [0.4, 0.5) is 28.9 Å². The Morgan fingerprint density at radius 3 is 2.32 bits per heavy atom. The Morgan fingerprint density at radius 1 is 1.21 bits per heavy atom. The quantitative estimate of drug-likeness (QED) is 0.628. The maximum Gasteiger partial charge on any atom is 0.391 e. The Bertz CT molecular complexity index is 462. The number of rotatable bonds is 1. The van der Waals surface area contributed by atoms with Crippen LogP contribution in [0.5, 0.6) is 0 Å². The summed E-state index contributed by atoms with van der Waals surface area (Å²) >= 11 is 0.